The van der Waals surface area contributed by atoms with Crippen molar-refractivity contribution in [3.63, 3.8) is 0 Å². The fraction of sp³-hybridized carbons (Fsp3) is 0.385. The van der Waals surface area contributed by atoms with Crippen molar-refractivity contribution in [1.82, 2.24) is 15.2 Å². The van der Waals surface area contributed by atoms with Crippen molar-refractivity contribution in [2.45, 2.75) is 44.8 Å². The number of nitrogens with one attached hydrogen (secondary N) is 1. The van der Waals surface area contributed by atoms with Crippen molar-refractivity contribution in [2.75, 3.05) is 19.6 Å². The molecule has 5 rings (SSSR count). The molecule has 3 heterocycles. The average Bonchev–Trinajstić information content (AvgIpc) is 3.35. The first-order chi connectivity index (χ1) is 15.2. The molecule has 1 amide bonds. The van der Waals surface area contributed by atoms with E-state index in [0.717, 1.165) is 62.0 Å². The van der Waals surface area contributed by atoms with Crippen LogP contribution in [0.5, 0.6) is 5.75 Å². The number of rotatable bonds is 4. The number of aromatic nitrogens is 1. The molecule has 2 aromatic carbocycles. The number of hydrogen-bond donors (Lipinski definition) is 1. The van der Waals surface area contributed by atoms with Crippen LogP contribution >= 0.6 is 0 Å². The van der Waals surface area contributed by atoms with E-state index in [4.69, 9.17) is 4.74 Å². The van der Waals surface area contributed by atoms with Gasteiger partial charge in [0.25, 0.3) is 0 Å². The van der Waals surface area contributed by atoms with E-state index in [-0.39, 0.29) is 18.1 Å². The number of aryl methyl sites for hydroxylation is 1. The molecule has 2 saturated heterocycles. The normalized spacial score (nSPS) is 19.6. The van der Waals surface area contributed by atoms with E-state index in [9.17, 15) is 4.79 Å². The lowest BCUT2D eigenvalue weighted by Gasteiger charge is -2.33. The van der Waals surface area contributed by atoms with Gasteiger partial charge in [-0.25, -0.2) is 0 Å². The summed E-state index contributed by atoms with van der Waals surface area (Å²) >= 11 is 0. The van der Waals surface area contributed by atoms with Crippen molar-refractivity contribution in [3.8, 4) is 16.9 Å². The third-order valence-electron chi connectivity index (χ3n) is 6.61. The molecule has 160 valence electrons. The minimum absolute atomic E-state index is 0.0266. The Morgan fingerprint density at radius 1 is 1.06 bits per heavy atom. The third-order valence-corrected chi connectivity index (χ3v) is 6.61. The number of nitrogens with zero attached hydrogens (tertiary/aromatic N) is 2. The molecular formula is C26H29N3O2. The lowest BCUT2D eigenvalue weighted by atomic mass is 9.98. The van der Waals surface area contributed by atoms with Gasteiger partial charge in [-0.2, -0.15) is 0 Å². The monoisotopic (exact) mass is 415 g/mol. The van der Waals surface area contributed by atoms with Gasteiger partial charge in [0, 0.05) is 37.5 Å². The Morgan fingerprint density at radius 2 is 1.87 bits per heavy atom. The van der Waals surface area contributed by atoms with Gasteiger partial charge < -0.3 is 15.0 Å². The molecule has 5 nitrogen and oxygen atoms in total. The first-order valence-corrected chi connectivity index (χ1v) is 11.3. The molecule has 0 unspecified atom stereocenters. The Labute approximate surface area is 183 Å². The largest absolute Gasteiger partial charge is 0.490 e. The first-order valence-electron chi connectivity index (χ1n) is 11.3. The number of carbonyl (C=O) groups excluding carboxylic acids is 1. The van der Waals surface area contributed by atoms with E-state index in [0.29, 0.717) is 0 Å². The lowest BCUT2D eigenvalue weighted by molar-refractivity contribution is -0.134. The van der Waals surface area contributed by atoms with Crippen molar-refractivity contribution >= 4 is 16.8 Å². The van der Waals surface area contributed by atoms with Crippen LogP contribution in [0.15, 0.2) is 54.7 Å². The summed E-state index contributed by atoms with van der Waals surface area (Å²) in [6.45, 7) is 4.65. The smallest absolute Gasteiger partial charge is 0.239 e. The molecule has 1 aromatic heterocycles. The molecule has 2 fully saturated rings. The number of pyridine rings is 1. The van der Waals surface area contributed by atoms with Gasteiger partial charge in [-0.15, -0.1) is 0 Å². The molecule has 2 aliphatic heterocycles. The zero-order valence-electron chi connectivity index (χ0n) is 18.0. The summed E-state index contributed by atoms with van der Waals surface area (Å²) in [5.74, 6) is 1.16. The highest BCUT2D eigenvalue weighted by molar-refractivity contribution is 5.88. The summed E-state index contributed by atoms with van der Waals surface area (Å²) in [6.07, 6.45) is 5.85. The molecule has 3 aromatic rings. The Morgan fingerprint density at radius 3 is 2.61 bits per heavy atom. The van der Waals surface area contributed by atoms with Crippen LogP contribution in [-0.2, 0) is 4.79 Å². The van der Waals surface area contributed by atoms with E-state index in [2.05, 4.69) is 59.7 Å². The second kappa shape index (κ2) is 8.67. The van der Waals surface area contributed by atoms with Gasteiger partial charge in [-0.3, -0.25) is 9.78 Å². The van der Waals surface area contributed by atoms with E-state index < -0.39 is 0 Å². The molecule has 2 aliphatic rings. The van der Waals surface area contributed by atoms with Gasteiger partial charge in [0.15, 0.2) is 0 Å². The highest BCUT2D eigenvalue weighted by Gasteiger charge is 2.30. The Bertz CT molecular complexity index is 1070. The first kappa shape index (κ1) is 20.0. The SMILES string of the molecule is Cc1c(-c2ccc(OC3CCN(C(=O)[C@@H]4CCCN4)CC3)cc2)ccc2cccnc12. The minimum Gasteiger partial charge on any atom is -0.490 e. The van der Waals surface area contributed by atoms with Crippen molar-refractivity contribution in [3.05, 3.63) is 60.3 Å². The molecule has 0 aliphatic carbocycles. The molecular weight excluding hydrogens is 386 g/mol. The summed E-state index contributed by atoms with van der Waals surface area (Å²) in [6, 6.07) is 16.7. The number of amides is 1. The predicted octanol–water partition coefficient (Wildman–Crippen LogP) is 4.33. The average molecular weight is 416 g/mol. The van der Waals surface area contributed by atoms with Crippen LogP contribution in [0.2, 0.25) is 0 Å². The lowest BCUT2D eigenvalue weighted by Crippen LogP contribution is -2.48. The Balaban J connectivity index is 1.21. The van der Waals surface area contributed by atoms with Gasteiger partial charge in [0.1, 0.15) is 11.9 Å². The number of fused-ring (bicyclic) bond motifs is 1. The van der Waals surface area contributed by atoms with E-state index in [1.807, 2.05) is 17.2 Å². The molecule has 5 heteroatoms. The van der Waals surface area contributed by atoms with Crippen LogP contribution in [0, 0.1) is 6.92 Å². The standard InChI is InChI=1S/C26H29N3O2/c1-18-23(11-8-20-4-2-15-28-25(18)20)19-6-9-21(10-7-19)31-22-12-16-29(17-13-22)26(30)24-5-3-14-27-24/h2,4,6-11,15,22,24,27H,3,5,12-14,16-17H2,1H3/t24-/m0/s1. The van der Waals surface area contributed by atoms with Gasteiger partial charge >= 0.3 is 0 Å². The second-order valence-electron chi connectivity index (χ2n) is 8.63. The summed E-state index contributed by atoms with van der Waals surface area (Å²) in [4.78, 5) is 19.1. The number of ether oxygens (including phenoxy) is 1. The zero-order chi connectivity index (χ0) is 21.2. The predicted molar refractivity (Wildman–Crippen MR) is 123 cm³/mol. The van der Waals surface area contributed by atoms with E-state index >= 15 is 0 Å². The summed E-state index contributed by atoms with van der Waals surface area (Å²) in [5, 5.41) is 4.47. The van der Waals surface area contributed by atoms with Crippen LogP contribution in [0.25, 0.3) is 22.0 Å². The Kier molecular flexibility index (Phi) is 5.60. The molecule has 0 radical (unpaired) electrons. The molecule has 0 bridgehead atoms. The van der Waals surface area contributed by atoms with Crippen molar-refractivity contribution in [2.24, 2.45) is 0 Å². The van der Waals surface area contributed by atoms with E-state index in [1.54, 1.807) is 0 Å². The maximum absolute atomic E-state index is 12.6. The quantitative estimate of drug-likeness (QED) is 0.689. The fourth-order valence-electron chi connectivity index (χ4n) is 4.82. The van der Waals surface area contributed by atoms with Crippen LogP contribution in [-0.4, -0.2) is 47.6 Å². The van der Waals surface area contributed by atoms with Gasteiger partial charge in [-0.1, -0.05) is 30.3 Å². The second-order valence-corrected chi connectivity index (χ2v) is 8.63. The summed E-state index contributed by atoms with van der Waals surface area (Å²) < 4.78 is 6.23. The van der Waals surface area contributed by atoms with Crippen LogP contribution < -0.4 is 10.1 Å². The number of likely N-dealkylation sites (tertiary alicyclic amines) is 1. The van der Waals surface area contributed by atoms with Crippen molar-refractivity contribution < 1.29 is 9.53 Å². The number of hydrogen-bond acceptors (Lipinski definition) is 4. The molecule has 1 atom stereocenters. The molecule has 31 heavy (non-hydrogen) atoms. The summed E-state index contributed by atoms with van der Waals surface area (Å²) in [5.41, 5.74) is 4.61. The number of piperidine rings is 1. The maximum atomic E-state index is 12.6. The van der Waals surface area contributed by atoms with E-state index in [1.165, 1.54) is 16.7 Å². The topological polar surface area (TPSA) is 54.5 Å². The third kappa shape index (κ3) is 4.15. The van der Waals surface area contributed by atoms with Crippen LogP contribution in [0.1, 0.15) is 31.2 Å². The molecule has 1 N–H and O–H groups in total. The summed E-state index contributed by atoms with van der Waals surface area (Å²) in [7, 11) is 0. The highest BCUT2D eigenvalue weighted by atomic mass is 16.5. The minimum atomic E-state index is 0.0266. The van der Waals surface area contributed by atoms with Gasteiger partial charge in [-0.05, 0) is 61.2 Å². The van der Waals surface area contributed by atoms with Crippen LogP contribution in [0.3, 0.4) is 0 Å². The number of benzene rings is 2. The zero-order valence-corrected chi connectivity index (χ0v) is 18.0. The van der Waals surface area contributed by atoms with Crippen molar-refractivity contribution in [1.29, 1.82) is 0 Å². The molecule has 0 spiro atoms. The maximum Gasteiger partial charge on any atom is 0.239 e. The van der Waals surface area contributed by atoms with Gasteiger partial charge in [0.05, 0.1) is 11.6 Å². The van der Waals surface area contributed by atoms with Crippen LogP contribution in [0.4, 0.5) is 0 Å². The Hall–Kier alpha value is -2.92. The number of carbonyl (C=O) groups is 1. The van der Waals surface area contributed by atoms with Gasteiger partial charge in [0.2, 0.25) is 5.91 Å². The fourth-order valence-corrected chi connectivity index (χ4v) is 4.82. The molecule has 0 saturated carbocycles. The highest BCUT2D eigenvalue weighted by Crippen LogP contribution is 2.30.